The van der Waals surface area contributed by atoms with Gasteiger partial charge in [0.2, 0.25) is 5.91 Å². The van der Waals surface area contributed by atoms with Crippen LogP contribution in [0, 0.1) is 6.92 Å². The molecule has 0 aromatic heterocycles. The zero-order chi connectivity index (χ0) is 18.7. The van der Waals surface area contributed by atoms with Gasteiger partial charge in [0, 0.05) is 17.7 Å². The molecule has 0 fully saturated rings. The van der Waals surface area contributed by atoms with E-state index in [4.69, 9.17) is 4.74 Å². The van der Waals surface area contributed by atoms with E-state index in [1.165, 1.54) is 4.90 Å². The van der Waals surface area contributed by atoms with Crippen LogP contribution >= 0.6 is 0 Å². The van der Waals surface area contributed by atoms with Gasteiger partial charge in [-0.15, -0.1) is 0 Å². The second-order valence-corrected chi connectivity index (χ2v) is 6.09. The third kappa shape index (κ3) is 3.59. The second-order valence-electron chi connectivity index (χ2n) is 6.09. The summed E-state index contributed by atoms with van der Waals surface area (Å²) in [5, 5.41) is 2.82. The van der Waals surface area contributed by atoms with Gasteiger partial charge in [0.05, 0.1) is 5.69 Å². The van der Waals surface area contributed by atoms with Crippen molar-refractivity contribution in [2.75, 3.05) is 23.4 Å². The molecule has 3 rings (SSSR count). The number of benzene rings is 2. The highest BCUT2D eigenvalue weighted by atomic mass is 16.5. The van der Waals surface area contributed by atoms with Crippen LogP contribution in [0.1, 0.15) is 29.3 Å². The molecule has 0 radical (unpaired) electrons. The molecule has 0 spiro atoms. The summed E-state index contributed by atoms with van der Waals surface area (Å²) in [5.74, 6) is -0.178. The third-order valence-electron chi connectivity index (χ3n) is 4.27. The first-order valence-corrected chi connectivity index (χ1v) is 8.45. The number of ketones is 1. The number of carbonyl (C=O) groups excluding carboxylic acids is 3. The quantitative estimate of drug-likeness (QED) is 0.840. The summed E-state index contributed by atoms with van der Waals surface area (Å²) in [5.41, 5.74) is 2.58. The van der Waals surface area contributed by atoms with Crippen LogP contribution in [0.2, 0.25) is 0 Å². The fraction of sp³-hybridized carbons (Fsp3) is 0.250. The molecule has 1 heterocycles. The zero-order valence-electron chi connectivity index (χ0n) is 14.7. The predicted molar refractivity (Wildman–Crippen MR) is 98.7 cm³/mol. The average molecular weight is 352 g/mol. The molecule has 2 aromatic rings. The topological polar surface area (TPSA) is 75.7 Å². The first-order valence-electron chi connectivity index (χ1n) is 8.45. The van der Waals surface area contributed by atoms with Gasteiger partial charge in [-0.05, 0) is 36.8 Å². The number of hydrogen-bond acceptors (Lipinski definition) is 4. The molecule has 2 aromatic carbocycles. The minimum Gasteiger partial charge on any atom is -0.482 e. The largest absolute Gasteiger partial charge is 0.482 e. The van der Waals surface area contributed by atoms with Crippen molar-refractivity contribution in [2.24, 2.45) is 0 Å². The van der Waals surface area contributed by atoms with Crippen LogP contribution in [0.4, 0.5) is 11.4 Å². The normalized spacial score (nSPS) is 13.0. The lowest BCUT2D eigenvalue weighted by Gasteiger charge is -2.29. The van der Waals surface area contributed by atoms with Crippen molar-refractivity contribution in [3.63, 3.8) is 0 Å². The van der Waals surface area contributed by atoms with E-state index in [1.54, 1.807) is 31.2 Å². The lowest BCUT2D eigenvalue weighted by Crippen LogP contribution is -2.43. The number of rotatable bonds is 5. The Labute approximate surface area is 151 Å². The number of carbonyl (C=O) groups is 3. The molecule has 26 heavy (non-hydrogen) atoms. The van der Waals surface area contributed by atoms with Gasteiger partial charge >= 0.3 is 0 Å². The van der Waals surface area contributed by atoms with Gasteiger partial charge in [0.25, 0.3) is 5.91 Å². The van der Waals surface area contributed by atoms with Gasteiger partial charge in [0.1, 0.15) is 12.3 Å². The number of ether oxygens (including phenoxy) is 1. The minimum absolute atomic E-state index is 0.0323. The Hall–Kier alpha value is -3.15. The standard InChI is InChI=1S/C20H20N2O4/c1-3-17(23)14-8-9-18-16(10-14)22(20(25)12-26-18)11-19(24)21-15-7-5-4-6-13(15)2/h4-10H,3,11-12H2,1-2H3,(H,21,24). The number of amides is 2. The highest BCUT2D eigenvalue weighted by Gasteiger charge is 2.28. The molecule has 0 atom stereocenters. The van der Waals surface area contributed by atoms with Gasteiger partial charge in [-0.2, -0.15) is 0 Å². The number of para-hydroxylation sites is 1. The summed E-state index contributed by atoms with van der Waals surface area (Å²) in [6.07, 6.45) is 0.362. The number of anilines is 2. The van der Waals surface area contributed by atoms with Gasteiger partial charge < -0.3 is 10.1 Å². The van der Waals surface area contributed by atoms with Crippen LogP contribution in [0.5, 0.6) is 5.75 Å². The maximum atomic E-state index is 12.5. The second kappa shape index (κ2) is 7.39. The molecule has 0 aliphatic carbocycles. The van der Waals surface area contributed by atoms with E-state index < -0.39 is 0 Å². The summed E-state index contributed by atoms with van der Waals surface area (Å²) in [4.78, 5) is 38.1. The summed E-state index contributed by atoms with van der Waals surface area (Å²) in [6.45, 7) is 3.39. The highest BCUT2D eigenvalue weighted by molar-refractivity contribution is 6.06. The summed E-state index contributed by atoms with van der Waals surface area (Å²) >= 11 is 0. The zero-order valence-corrected chi connectivity index (χ0v) is 14.7. The number of Topliss-reactive ketones (excluding diaryl/α,β-unsaturated/α-hetero) is 1. The van der Waals surface area contributed by atoms with Gasteiger partial charge in [-0.3, -0.25) is 19.3 Å². The van der Waals surface area contributed by atoms with Crippen LogP contribution < -0.4 is 15.0 Å². The smallest absolute Gasteiger partial charge is 0.265 e. The molecule has 1 aliphatic rings. The van der Waals surface area contributed by atoms with E-state index >= 15 is 0 Å². The van der Waals surface area contributed by atoms with Crippen LogP contribution in [-0.2, 0) is 9.59 Å². The van der Waals surface area contributed by atoms with E-state index in [9.17, 15) is 14.4 Å². The fourth-order valence-electron chi connectivity index (χ4n) is 2.80. The number of nitrogens with one attached hydrogen (secondary N) is 1. The summed E-state index contributed by atoms with van der Waals surface area (Å²) in [7, 11) is 0. The Morgan fingerprint density at radius 2 is 1.96 bits per heavy atom. The van der Waals surface area contributed by atoms with E-state index in [1.807, 2.05) is 25.1 Å². The van der Waals surface area contributed by atoms with Crippen molar-refractivity contribution in [3.8, 4) is 5.75 Å². The summed E-state index contributed by atoms with van der Waals surface area (Å²) in [6, 6.07) is 12.4. The Morgan fingerprint density at radius 1 is 1.19 bits per heavy atom. The number of aryl methyl sites for hydroxylation is 1. The molecule has 0 saturated carbocycles. The molecule has 6 heteroatoms. The summed E-state index contributed by atoms with van der Waals surface area (Å²) < 4.78 is 5.42. The van der Waals surface area contributed by atoms with Crippen molar-refractivity contribution in [3.05, 3.63) is 53.6 Å². The lowest BCUT2D eigenvalue weighted by atomic mass is 10.1. The maximum Gasteiger partial charge on any atom is 0.265 e. The average Bonchev–Trinajstić information content (AvgIpc) is 2.65. The van der Waals surface area contributed by atoms with Crippen LogP contribution in [-0.4, -0.2) is 30.7 Å². The van der Waals surface area contributed by atoms with E-state index in [0.717, 1.165) is 5.56 Å². The van der Waals surface area contributed by atoms with Crippen molar-refractivity contribution in [1.29, 1.82) is 0 Å². The molecule has 1 aliphatic heterocycles. The molecular formula is C20H20N2O4. The number of nitrogens with zero attached hydrogens (tertiary/aromatic N) is 1. The SMILES string of the molecule is CCC(=O)c1ccc2c(c1)N(CC(=O)Nc1ccccc1C)C(=O)CO2. The first kappa shape index (κ1) is 17.7. The molecule has 6 nitrogen and oxygen atoms in total. The molecule has 134 valence electrons. The van der Waals surface area contributed by atoms with Gasteiger partial charge in [-0.25, -0.2) is 0 Å². The monoisotopic (exact) mass is 352 g/mol. The van der Waals surface area contributed by atoms with Crippen molar-refractivity contribution in [1.82, 2.24) is 0 Å². The maximum absolute atomic E-state index is 12.5. The molecular weight excluding hydrogens is 332 g/mol. The van der Waals surface area contributed by atoms with Crippen LogP contribution in [0.3, 0.4) is 0 Å². The minimum atomic E-state index is -0.321. The number of hydrogen-bond donors (Lipinski definition) is 1. The third-order valence-corrected chi connectivity index (χ3v) is 4.27. The molecule has 0 saturated heterocycles. The molecule has 0 bridgehead atoms. The van der Waals surface area contributed by atoms with Gasteiger partial charge in [0.15, 0.2) is 12.4 Å². The number of fused-ring (bicyclic) bond motifs is 1. The van der Waals surface area contributed by atoms with Crippen LogP contribution in [0.25, 0.3) is 0 Å². The van der Waals surface area contributed by atoms with Crippen molar-refractivity contribution in [2.45, 2.75) is 20.3 Å². The van der Waals surface area contributed by atoms with E-state index in [-0.39, 0.29) is 30.7 Å². The Morgan fingerprint density at radius 3 is 2.69 bits per heavy atom. The molecule has 2 amide bonds. The highest BCUT2D eigenvalue weighted by Crippen LogP contribution is 2.33. The Kier molecular flexibility index (Phi) is 5.02. The van der Waals surface area contributed by atoms with Crippen molar-refractivity contribution < 1.29 is 19.1 Å². The molecule has 0 unspecified atom stereocenters. The Bertz CT molecular complexity index is 876. The van der Waals surface area contributed by atoms with Crippen molar-refractivity contribution >= 4 is 29.0 Å². The fourth-order valence-corrected chi connectivity index (χ4v) is 2.80. The lowest BCUT2D eigenvalue weighted by molar-refractivity contribution is -0.123. The Balaban J connectivity index is 1.84. The predicted octanol–water partition coefficient (Wildman–Crippen LogP) is 2.95. The first-order chi connectivity index (χ1) is 12.5. The van der Waals surface area contributed by atoms with E-state index in [2.05, 4.69) is 5.32 Å². The van der Waals surface area contributed by atoms with E-state index in [0.29, 0.717) is 29.1 Å². The van der Waals surface area contributed by atoms with Crippen LogP contribution in [0.15, 0.2) is 42.5 Å². The van der Waals surface area contributed by atoms with Gasteiger partial charge in [-0.1, -0.05) is 25.1 Å². The molecule has 1 N–H and O–H groups in total.